The second-order valence-electron chi connectivity index (χ2n) is 4.31. The fraction of sp³-hybridized carbons (Fsp3) is 0.571. The molecular weight excluding hydrogens is 258 g/mol. The van der Waals surface area contributed by atoms with E-state index in [-0.39, 0.29) is 5.91 Å². The number of methoxy groups -OCH3 is 1. The topological polar surface area (TPSA) is 86.5 Å². The van der Waals surface area contributed by atoms with Gasteiger partial charge in [0.1, 0.15) is 0 Å². The van der Waals surface area contributed by atoms with E-state index in [2.05, 4.69) is 10.3 Å². The van der Waals surface area contributed by atoms with Gasteiger partial charge in [0.05, 0.1) is 18.9 Å². The lowest BCUT2D eigenvalue weighted by molar-refractivity contribution is 0.0686. The molecule has 6 heteroatoms. The maximum atomic E-state index is 11.9. The second kappa shape index (κ2) is 10.3. The van der Waals surface area contributed by atoms with Gasteiger partial charge >= 0.3 is 0 Å². The van der Waals surface area contributed by atoms with Crippen LogP contribution in [0.2, 0.25) is 0 Å². The number of hydrogen-bond donors (Lipinski definition) is 2. The van der Waals surface area contributed by atoms with Crippen LogP contribution >= 0.6 is 0 Å². The average molecular weight is 281 g/mol. The molecule has 0 spiro atoms. The van der Waals surface area contributed by atoms with Gasteiger partial charge in [-0.1, -0.05) is 0 Å². The Morgan fingerprint density at radius 1 is 1.35 bits per heavy atom. The van der Waals surface area contributed by atoms with Crippen LogP contribution < -0.4 is 11.1 Å². The number of nitrogens with one attached hydrogen (secondary N) is 1. The minimum absolute atomic E-state index is 0.0950. The van der Waals surface area contributed by atoms with Gasteiger partial charge in [-0.2, -0.15) is 0 Å². The van der Waals surface area contributed by atoms with E-state index in [1.54, 1.807) is 25.4 Å². The summed E-state index contributed by atoms with van der Waals surface area (Å²) in [6.07, 6.45) is 3.39. The zero-order valence-corrected chi connectivity index (χ0v) is 11.9. The maximum Gasteiger partial charge on any atom is 0.251 e. The lowest BCUT2D eigenvalue weighted by Crippen LogP contribution is -2.25. The minimum atomic E-state index is -0.0950. The van der Waals surface area contributed by atoms with Crippen molar-refractivity contribution in [3.8, 4) is 0 Å². The molecule has 0 aliphatic heterocycles. The predicted octanol–water partition coefficient (Wildman–Crippen LogP) is 0.713. The first-order valence-corrected chi connectivity index (χ1v) is 6.77. The molecule has 0 saturated heterocycles. The molecule has 0 radical (unpaired) electrons. The van der Waals surface area contributed by atoms with Crippen LogP contribution in [0.1, 0.15) is 28.9 Å². The van der Waals surface area contributed by atoms with Gasteiger partial charge in [0, 0.05) is 38.6 Å². The first-order valence-electron chi connectivity index (χ1n) is 6.77. The minimum Gasteiger partial charge on any atom is -0.382 e. The molecule has 112 valence electrons. The second-order valence-corrected chi connectivity index (χ2v) is 4.31. The van der Waals surface area contributed by atoms with Gasteiger partial charge in [-0.15, -0.1) is 0 Å². The van der Waals surface area contributed by atoms with Gasteiger partial charge in [-0.25, -0.2) is 0 Å². The molecule has 6 nitrogen and oxygen atoms in total. The number of carbonyl (C=O) groups is 1. The summed E-state index contributed by atoms with van der Waals surface area (Å²) in [5.41, 5.74) is 6.80. The number of ether oxygens (including phenoxy) is 2. The number of nitrogens with zero attached hydrogens (tertiary/aromatic N) is 1. The van der Waals surface area contributed by atoms with E-state index in [4.69, 9.17) is 15.2 Å². The summed E-state index contributed by atoms with van der Waals surface area (Å²) in [4.78, 5) is 15.9. The monoisotopic (exact) mass is 281 g/mol. The Bertz CT molecular complexity index is 399. The van der Waals surface area contributed by atoms with Crippen LogP contribution in [-0.4, -0.2) is 44.4 Å². The quantitative estimate of drug-likeness (QED) is 0.617. The first-order chi connectivity index (χ1) is 9.77. The predicted molar refractivity (Wildman–Crippen MR) is 76.4 cm³/mol. The molecule has 0 aliphatic rings. The van der Waals surface area contributed by atoms with E-state index in [0.717, 1.165) is 12.8 Å². The molecule has 1 aromatic heterocycles. The molecule has 0 unspecified atom stereocenters. The Balaban J connectivity index is 2.13. The molecule has 3 N–H and O–H groups in total. The molecule has 0 saturated carbocycles. The molecule has 1 rings (SSSR count). The van der Waals surface area contributed by atoms with Crippen LogP contribution in [0.4, 0.5) is 0 Å². The fourth-order valence-corrected chi connectivity index (χ4v) is 1.61. The maximum absolute atomic E-state index is 11.9. The third-order valence-electron chi connectivity index (χ3n) is 2.72. The highest BCUT2D eigenvalue weighted by Gasteiger charge is 2.05. The van der Waals surface area contributed by atoms with Crippen molar-refractivity contribution in [2.75, 3.05) is 33.5 Å². The zero-order chi connectivity index (χ0) is 14.6. The van der Waals surface area contributed by atoms with Crippen LogP contribution in [-0.2, 0) is 16.0 Å². The smallest absolute Gasteiger partial charge is 0.251 e. The van der Waals surface area contributed by atoms with Crippen molar-refractivity contribution in [2.45, 2.75) is 19.4 Å². The van der Waals surface area contributed by atoms with Crippen LogP contribution in [0.15, 0.2) is 18.3 Å². The van der Waals surface area contributed by atoms with Crippen molar-refractivity contribution in [1.82, 2.24) is 10.3 Å². The number of carbonyl (C=O) groups excluding carboxylic acids is 1. The summed E-state index contributed by atoms with van der Waals surface area (Å²) in [5, 5.41) is 2.86. The van der Waals surface area contributed by atoms with Gasteiger partial charge in [-0.05, 0) is 25.0 Å². The first kappa shape index (κ1) is 16.6. The molecule has 0 atom stereocenters. The van der Waals surface area contributed by atoms with Crippen molar-refractivity contribution in [2.24, 2.45) is 5.73 Å². The van der Waals surface area contributed by atoms with Crippen LogP contribution in [0, 0.1) is 0 Å². The summed E-state index contributed by atoms with van der Waals surface area (Å²) < 4.78 is 10.2. The highest BCUT2D eigenvalue weighted by Crippen LogP contribution is 2.01. The third-order valence-corrected chi connectivity index (χ3v) is 2.72. The van der Waals surface area contributed by atoms with Crippen LogP contribution in [0.5, 0.6) is 0 Å². The highest BCUT2D eigenvalue weighted by molar-refractivity contribution is 5.94. The summed E-state index contributed by atoms with van der Waals surface area (Å²) in [6.45, 7) is 2.88. The number of unbranched alkanes of at least 4 members (excludes halogenated alkanes) is 1. The Kier molecular flexibility index (Phi) is 8.53. The molecule has 0 aliphatic carbocycles. The van der Waals surface area contributed by atoms with E-state index < -0.39 is 0 Å². The molecule has 1 aromatic rings. The van der Waals surface area contributed by atoms with Crippen molar-refractivity contribution in [1.29, 1.82) is 0 Å². The Morgan fingerprint density at radius 2 is 2.20 bits per heavy atom. The van der Waals surface area contributed by atoms with Crippen LogP contribution in [0.3, 0.4) is 0 Å². The number of rotatable bonds is 10. The van der Waals surface area contributed by atoms with Gasteiger partial charge in [0.2, 0.25) is 0 Å². The van der Waals surface area contributed by atoms with Crippen molar-refractivity contribution in [3.05, 3.63) is 29.6 Å². The molecule has 0 aromatic carbocycles. The average Bonchev–Trinajstić information content (AvgIpc) is 2.49. The standard InChI is InChI=1S/C14H23N3O3/c1-19-8-9-20-7-3-2-5-17-14(18)12-4-6-16-13(10-12)11-15/h4,6,10H,2-3,5,7-9,11,15H2,1H3,(H,17,18). The Labute approximate surface area is 119 Å². The molecule has 1 amide bonds. The van der Waals surface area contributed by atoms with Gasteiger partial charge < -0.3 is 20.5 Å². The van der Waals surface area contributed by atoms with Crippen molar-refractivity contribution in [3.63, 3.8) is 0 Å². The lowest BCUT2D eigenvalue weighted by atomic mass is 10.2. The number of nitrogens with two attached hydrogens (primary N) is 1. The van der Waals surface area contributed by atoms with Crippen molar-refractivity contribution >= 4 is 5.91 Å². The Hall–Kier alpha value is -1.50. The summed E-state index contributed by atoms with van der Waals surface area (Å²) in [6, 6.07) is 3.39. The van der Waals surface area contributed by atoms with Crippen LogP contribution in [0.25, 0.3) is 0 Å². The largest absolute Gasteiger partial charge is 0.382 e. The van der Waals surface area contributed by atoms with E-state index in [1.165, 1.54) is 0 Å². The number of aromatic nitrogens is 1. The fourth-order valence-electron chi connectivity index (χ4n) is 1.61. The molecule has 20 heavy (non-hydrogen) atoms. The lowest BCUT2D eigenvalue weighted by Gasteiger charge is -2.06. The SMILES string of the molecule is COCCOCCCCNC(=O)c1ccnc(CN)c1. The van der Waals surface area contributed by atoms with Gasteiger partial charge in [-0.3, -0.25) is 9.78 Å². The van der Waals surface area contributed by atoms with Crippen molar-refractivity contribution < 1.29 is 14.3 Å². The zero-order valence-electron chi connectivity index (χ0n) is 11.9. The molecule has 0 fully saturated rings. The highest BCUT2D eigenvalue weighted by atomic mass is 16.5. The summed E-state index contributed by atoms with van der Waals surface area (Å²) in [5.74, 6) is -0.0950. The number of amides is 1. The van der Waals surface area contributed by atoms with Gasteiger partial charge in [0.25, 0.3) is 5.91 Å². The molecule has 0 bridgehead atoms. The third kappa shape index (κ3) is 6.60. The number of hydrogen-bond acceptors (Lipinski definition) is 5. The van der Waals surface area contributed by atoms with Gasteiger partial charge in [0.15, 0.2) is 0 Å². The van der Waals surface area contributed by atoms with E-state index in [0.29, 0.717) is 44.2 Å². The number of pyridine rings is 1. The molecular formula is C14H23N3O3. The normalized spacial score (nSPS) is 10.5. The summed E-state index contributed by atoms with van der Waals surface area (Å²) in [7, 11) is 1.65. The Morgan fingerprint density at radius 3 is 2.95 bits per heavy atom. The molecule has 1 heterocycles. The summed E-state index contributed by atoms with van der Waals surface area (Å²) >= 11 is 0. The van der Waals surface area contributed by atoms with E-state index in [9.17, 15) is 4.79 Å². The van der Waals surface area contributed by atoms with E-state index >= 15 is 0 Å². The van der Waals surface area contributed by atoms with E-state index in [1.807, 2.05) is 0 Å².